The van der Waals surface area contributed by atoms with Crippen LogP contribution in [0.25, 0.3) is 6.08 Å². The minimum Gasteiger partial charge on any atom is -0.541 e. The SMILES string of the molecule is O=C([O-])C(=O)/C=C/C=C/C=C/c1ccccc1.[K+]. The van der Waals surface area contributed by atoms with Crippen molar-refractivity contribution < 1.29 is 66.1 Å². The molecule has 0 fully saturated rings. The molecule has 0 saturated heterocycles. The van der Waals surface area contributed by atoms with Gasteiger partial charge in [-0.2, -0.15) is 0 Å². The third kappa shape index (κ3) is 7.52. The van der Waals surface area contributed by atoms with Crippen LogP contribution in [-0.4, -0.2) is 11.8 Å². The average molecular weight is 266 g/mol. The van der Waals surface area contributed by atoms with Crippen LogP contribution in [0.15, 0.2) is 60.7 Å². The van der Waals surface area contributed by atoms with E-state index in [4.69, 9.17) is 0 Å². The molecular weight excluding hydrogens is 255 g/mol. The molecule has 86 valence electrons. The summed E-state index contributed by atoms with van der Waals surface area (Å²) in [5.41, 5.74) is 1.06. The molecule has 0 aliphatic heterocycles. The Kier molecular flexibility index (Phi) is 9.73. The van der Waals surface area contributed by atoms with Gasteiger partial charge in [0.05, 0.1) is 0 Å². The van der Waals surface area contributed by atoms with Gasteiger partial charge in [-0.25, -0.2) is 0 Å². The first-order chi connectivity index (χ1) is 8.20. The number of rotatable bonds is 5. The van der Waals surface area contributed by atoms with E-state index in [9.17, 15) is 14.7 Å². The Hall–Kier alpha value is -0.784. The molecule has 0 aliphatic rings. The first-order valence-electron chi connectivity index (χ1n) is 5.02. The molecule has 0 saturated carbocycles. The van der Waals surface area contributed by atoms with Crippen LogP contribution in [0, 0.1) is 0 Å². The number of carboxylic acids is 1. The van der Waals surface area contributed by atoms with E-state index in [0.717, 1.165) is 11.6 Å². The van der Waals surface area contributed by atoms with Gasteiger partial charge >= 0.3 is 51.4 Å². The fraction of sp³-hybridized carbons (Fsp3) is 0. The molecule has 0 unspecified atom stereocenters. The Morgan fingerprint density at radius 1 is 0.944 bits per heavy atom. The Balaban J connectivity index is 0.00000289. The van der Waals surface area contributed by atoms with Gasteiger partial charge in [0.25, 0.3) is 0 Å². The summed E-state index contributed by atoms with van der Waals surface area (Å²) in [4.78, 5) is 20.7. The number of carbonyl (C=O) groups excluding carboxylic acids is 2. The molecule has 3 nitrogen and oxygen atoms in total. The predicted octanol–water partition coefficient (Wildman–Crippen LogP) is -1.86. The zero-order chi connectivity index (χ0) is 12.5. The van der Waals surface area contributed by atoms with E-state index in [-0.39, 0.29) is 51.4 Å². The molecule has 0 spiro atoms. The van der Waals surface area contributed by atoms with Gasteiger partial charge in [0.2, 0.25) is 5.78 Å². The predicted molar refractivity (Wildman–Crippen MR) is 63.8 cm³/mol. The Labute approximate surface area is 148 Å². The van der Waals surface area contributed by atoms with Crippen molar-refractivity contribution in [3.63, 3.8) is 0 Å². The number of hydrogen-bond donors (Lipinski definition) is 0. The van der Waals surface area contributed by atoms with Crippen molar-refractivity contribution in [3.8, 4) is 0 Å². The van der Waals surface area contributed by atoms with Gasteiger partial charge in [-0.15, -0.1) is 0 Å². The van der Waals surface area contributed by atoms with Gasteiger partial charge in [0.1, 0.15) is 5.97 Å². The Morgan fingerprint density at radius 3 is 2.17 bits per heavy atom. The number of carbonyl (C=O) groups is 2. The minimum absolute atomic E-state index is 0. The number of allylic oxidation sites excluding steroid dienone is 4. The largest absolute Gasteiger partial charge is 1.00 e. The maximum Gasteiger partial charge on any atom is 1.00 e. The third-order valence-corrected chi connectivity index (χ3v) is 1.87. The topological polar surface area (TPSA) is 57.2 Å². The van der Waals surface area contributed by atoms with E-state index < -0.39 is 11.8 Å². The zero-order valence-electron chi connectivity index (χ0n) is 10.1. The van der Waals surface area contributed by atoms with Crippen molar-refractivity contribution in [1.29, 1.82) is 0 Å². The molecule has 0 aromatic heterocycles. The number of aliphatic carboxylic acids is 1. The second kappa shape index (κ2) is 10.2. The maximum atomic E-state index is 10.6. The molecule has 0 bridgehead atoms. The zero-order valence-corrected chi connectivity index (χ0v) is 13.2. The van der Waals surface area contributed by atoms with E-state index >= 15 is 0 Å². The van der Waals surface area contributed by atoms with Crippen LogP contribution in [0.4, 0.5) is 0 Å². The fourth-order valence-electron chi connectivity index (χ4n) is 1.07. The van der Waals surface area contributed by atoms with E-state index in [1.165, 1.54) is 6.08 Å². The summed E-state index contributed by atoms with van der Waals surface area (Å²) in [5.74, 6) is -2.74. The quantitative estimate of drug-likeness (QED) is 0.272. The van der Waals surface area contributed by atoms with Crippen molar-refractivity contribution in [2.75, 3.05) is 0 Å². The standard InChI is InChI=1S/C14H12O3.K/c15-13(14(16)17)11-7-2-1-4-8-12-9-5-3-6-10-12;/h1-11H,(H,16,17);/q;+1/p-1/b2-1+,8-4+,11-7+;. The van der Waals surface area contributed by atoms with E-state index in [0.29, 0.717) is 0 Å². The van der Waals surface area contributed by atoms with Gasteiger partial charge < -0.3 is 9.90 Å². The van der Waals surface area contributed by atoms with Crippen LogP contribution in [0.5, 0.6) is 0 Å². The summed E-state index contributed by atoms with van der Waals surface area (Å²) >= 11 is 0. The van der Waals surface area contributed by atoms with Crippen LogP contribution in [0.2, 0.25) is 0 Å². The van der Waals surface area contributed by atoms with Crippen LogP contribution >= 0.6 is 0 Å². The Morgan fingerprint density at radius 2 is 1.56 bits per heavy atom. The normalized spacial score (nSPS) is 10.9. The number of benzene rings is 1. The molecule has 1 aromatic carbocycles. The second-order valence-electron chi connectivity index (χ2n) is 3.17. The van der Waals surface area contributed by atoms with Gasteiger partial charge in [-0.1, -0.05) is 60.7 Å². The summed E-state index contributed by atoms with van der Waals surface area (Å²) in [6.07, 6.45) is 9.26. The molecule has 1 aromatic rings. The van der Waals surface area contributed by atoms with Gasteiger partial charge in [-0.3, -0.25) is 4.79 Å². The molecular formula is C14H11KO3. The molecule has 0 radical (unpaired) electrons. The number of carboxylic acid groups (broad SMARTS) is 1. The smallest absolute Gasteiger partial charge is 0.541 e. The van der Waals surface area contributed by atoms with Crippen LogP contribution < -0.4 is 56.5 Å². The van der Waals surface area contributed by atoms with Gasteiger partial charge in [-0.05, 0) is 11.6 Å². The fourth-order valence-corrected chi connectivity index (χ4v) is 1.07. The molecule has 1 rings (SSSR count). The van der Waals surface area contributed by atoms with Gasteiger partial charge in [0.15, 0.2) is 0 Å². The molecule has 0 atom stereocenters. The van der Waals surface area contributed by atoms with Crippen molar-refractivity contribution in [2.24, 2.45) is 0 Å². The van der Waals surface area contributed by atoms with Gasteiger partial charge in [0, 0.05) is 0 Å². The van der Waals surface area contributed by atoms with E-state index in [2.05, 4.69) is 0 Å². The first kappa shape index (κ1) is 17.2. The number of ketones is 1. The monoisotopic (exact) mass is 266 g/mol. The molecule has 0 heterocycles. The Bertz CT molecular complexity index is 473. The molecule has 0 aliphatic carbocycles. The summed E-state index contributed by atoms with van der Waals surface area (Å²) in [6, 6.07) is 9.71. The molecule has 0 N–H and O–H groups in total. The summed E-state index contributed by atoms with van der Waals surface area (Å²) in [6.45, 7) is 0. The molecule has 0 amide bonds. The number of hydrogen-bond acceptors (Lipinski definition) is 3. The summed E-state index contributed by atoms with van der Waals surface area (Å²) in [5, 5.41) is 10.1. The van der Waals surface area contributed by atoms with E-state index in [1.807, 2.05) is 36.4 Å². The van der Waals surface area contributed by atoms with Crippen molar-refractivity contribution in [1.82, 2.24) is 0 Å². The van der Waals surface area contributed by atoms with Crippen LogP contribution in [0.3, 0.4) is 0 Å². The first-order valence-corrected chi connectivity index (χ1v) is 5.02. The van der Waals surface area contributed by atoms with E-state index in [1.54, 1.807) is 18.2 Å². The summed E-state index contributed by atoms with van der Waals surface area (Å²) in [7, 11) is 0. The van der Waals surface area contributed by atoms with Crippen LogP contribution in [0.1, 0.15) is 5.56 Å². The maximum absolute atomic E-state index is 10.6. The molecule has 4 heteroatoms. The minimum atomic E-state index is -1.70. The third-order valence-electron chi connectivity index (χ3n) is 1.87. The second-order valence-corrected chi connectivity index (χ2v) is 3.17. The van der Waals surface area contributed by atoms with Crippen molar-refractivity contribution in [3.05, 3.63) is 66.3 Å². The molecule has 18 heavy (non-hydrogen) atoms. The van der Waals surface area contributed by atoms with Crippen molar-refractivity contribution in [2.45, 2.75) is 0 Å². The average Bonchev–Trinajstić information content (AvgIpc) is 2.34. The van der Waals surface area contributed by atoms with Crippen LogP contribution in [-0.2, 0) is 9.59 Å². The summed E-state index contributed by atoms with van der Waals surface area (Å²) < 4.78 is 0. The van der Waals surface area contributed by atoms with Crippen molar-refractivity contribution >= 4 is 17.8 Å².